The molecule has 1 aliphatic heterocycles. The highest BCUT2D eigenvalue weighted by atomic mass is 16.2. The van der Waals surface area contributed by atoms with Gasteiger partial charge in [0.25, 0.3) is 0 Å². The molecule has 1 saturated carbocycles. The number of carbonyl (C=O) groups excluding carboxylic acids is 1. The molecule has 1 aliphatic carbocycles. The third-order valence-electron chi connectivity index (χ3n) is 5.89. The van der Waals surface area contributed by atoms with Crippen LogP contribution in [0.5, 0.6) is 0 Å². The van der Waals surface area contributed by atoms with E-state index in [0.717, 1.165) is 32.2 Å². The Morgan fingerprint density at radius 1 is 1.16 bits per heavy atom. The van der Waals surface area contributed by atoms with E-state index < -0.39 is 0 Å². The summed E-state index contributed by atoms with van der Waals surface area (Å²) in [5.74, 6) is 0.953. The van der Waals surface area contributed by atoms with E-state index in [-0.39, 0.29) is 17.4 Å². The van der Waals surface area contributed by atoms with Gasteiger partial charge in [-0.25, -0.2) is 0 Å². The van der Waals surface area contributed by atoms with Gasteiger partial charge in [-0.1, -0.05) is 20.8 Å². The summed E-state index contributed by atoms with van der Waals surface area (Å²) >= 11 is 0. The first-order chi connectivity index (χ1) is 8.85. The van der Waals surface area contributed by atoms with Crippen molar-refractivity contribution < 1.29 is 4.79 Å². The molecule has 4 atom stereocenters. The highest BCUT2D eigenvalue weighted by molar-refractivity contribution is 5.80. The number of amides is 1. The number of nitrogens with zero attached hydrogens (tertiary/aromatic N) is 1. The van der Waals surface area contributed by atoms with Crippen LogP contribution in [0, 0.1) is 17.3 Å². The minimum absolute atomic E-state index is 0.0198. The third-order valence-corrected chi connectivity index (χ3v) is 5.89. The Kier molecular flexibility index (Phi) is 4.24. The van der Waals surface area contributed by atoms with Crippen LogP contribution in [0.1, 0.15) is 59.8 Å². The molecule has 2 rings (SSSR count). The van der Waals surface area contributed by atoms with Crippen LogP contribution in [0.15, 0.2) is 0 Å². The molecule has 0 radical (unpaired) electrons. The van der Waals surface area contributed by atoms with Crippen molar-refractivity contribution >= 4 is 5.91 Å². The molecule has 0 spiro atoms. The number of hydrogen-bond donors (Lipinski definition) is 1. The van der Waals surface area contributed by atoms with Crippen LogP contribution < -0.4 is 5.73 Å². The zero-order valence-electron chi connectivity index (χ0n) is 13.0. The molecule has 1 saturated heterocycles. The highest BCUT2D eigenvalue weighted by Crippen LogP contribution is 2.45. The molecule has 0 aromatic heterocycles. The molecule has 1 heterocycles. The van der Waals surface area contributed by atoms with Gasteiger partial charge in [0.05, 0.1) is 0 Å². The normalized spacial score (nSPS) is 39.1. The molecule has 3 heteroatoms. The van der Waals surface area contributed by atoms with Crippen LogP contribution in [-0.2, 0) is 4.79 Å². The zero-order valence-corrected chi connectivity index (χ0v) is 13.0. The van der Waals surface area contributed by atoms with Crippen molar-refractivity contribution in [3.8, 4) is 0 Å². The van der Waals surface area contributed by atoms with E-state index in [0.29, 0.717) is 17.9 Å². The van der Waals surface area contributed by atoms with E-state index in [1.54, 1.807) is 0 Å². The molecular weight excluding hydrogens is 236 g/mol. The van der Waals surface area contributed by atoms with Crippen molar-refractivity contribution in [2.24, 2.45) is 23.0 Å². The second-order valence-corrected chi connectivity index (χ2v) is 7.28. The maximum Gasteiger partial charge on any atom is 0.226 e. The average Bonchev–Trinajstić information content (AvgIpc) is 2.36. The number of carbonyl (C=O) groups is 1. The van der Waals surface area contributed by atoms with Gasteiger partial charge in [0.15, 0.2) is 0 Å². The fourth-order valence-electron chi connectivity index (χ4n) is 3.92. The molecule has 2 N–H and O–H groups in total. The average molecular weight is 266 g/mol. The summed E-state index contributed by atoms with van der Waals surface area (Å²) in [4.78, 5) is 15.1. The van der Waals surface area contributed by atoms with Gasteiger partial charge in [0.1, 0.15) is 0 Å². The van der Waals surface area contributed by atoms with Gasteiger partial charge < -0.3 is 10.6 Å². The van der Waals surface area contributed by atoms with Crippen LogP contribution in [0.3, 0.4) is 0 Å². The third kappa shape index (κ3) is 2.67. The standard InChI is InChI=1S/C16H30N2O/c1-11-7-5-6-10-18(11)15(19)13-8-9-14(17)12(2)16(13,3)4/h11-14H,5-10,17H2,1-4H3. The van der Waals surface area contributed by atoms with Gasteiger partial charge in [-0.15, -0.1) is 0 Å². The van der Waals surface area contributed by atoms with Gasteiger partial charge in [-0.2, -0.15) is 0 Å². The maximum atomic E-state index is 12.9. The molecule has 2 fully saturated rings. The summed E-state index contributed by atoms with van der Waals surface area (Å²) in [7, 11) is 0. The van der Waals surface area contributed by atoms with Crippen LogP contribution in [0.4, 0.5) is 0 Å². The van der Waals surface area contributed by atoms with Crippen LogP contribution in [0.25, 0.3) is 0 Å². The number of nitrogens with two attached hydrogens (primary N) is 1. The summed E-state index contributed by atoms with van der Waals surface area (Å²) in [6.45, 7) is 9.82. The van der Waals surface area contributed by atoms with Crippen LogP contribution in [-0.4, -0.2) is 29.4 Å². The predicted octanol–water partition coefficient (Wildman–Crippen LogP) is 2.79. The SMILES string of the molecule is CC1CCCCN1C(=O)C1CCC(N)C(C)C1(C)C. The molecule has 0 aromatic rings. The summed E-state index contributed by atoms with van der Waals surface area (Å²) < 4.78 is 0. The lowest BCUT2D eigenvalue weighted by Gasteiger charge is -2.48. The fourth-order valence-corrected chi connectivity index (χ4v) is 3.92. The van der Waals surface area contributed by atoms with Crippen molar-refractivity contribution in [3.05, 3.63) is 0 Å². The molecule has 4 unspecified atom stereocenters. The van der Waals surface area contributed by atoms with Crippen molar-refractivity contribution in [3.63, 3.8) is 0 Å². The topological polar surface area (TPSA) is 46.3 Å². The van der Waals surface area contributed by atoms with Gasteiger partial charge in [0, 0.05) is 24.5 Å². The molecule has 0 aromatic carbocycles. The number of rotatable bonds is 1. The Balaban J connectivity index is 2.14. The monoisotopic (exact) mass is 266 g/mol. The van der Waals surface area contributed by atoms with Gasteiger partial charge in [-0.3, -0.25) is 4.79 Å². The lowest BCUT2D eigenvalue weighted by atomic mass is 9.60. The molecule has 2 aliphatic rings. The van der Waals surface area contributed by atoms with Gasteiger partial charge >= 0.3 is 0 Å². The maximum absolute atomic E-state index is 12.9. The Hall–Kier alpha value is -0.570. The Morgan fingerprint density at radius 3 is 2.47 bits per heavy atom. The minimum atomic E-state index is 0.0198. The summed E-state index contributed by atoms with van der Waals surface area (Å²) in [5.41, 5.74) is 6.22. The molecule has 19 heavy (non-hydrogen) atoms. The smallest absolute Gasteiger partial charge is 0.226 e. The van der Waals surface area contributed by atoms with Crippen molar-refractivity contribution in [2.45, 2.75) is 71.9 Å². The second-order valence-electron chi connectivity index (χ2n) is 7.28. The fraction of sp³-hybridized carbons (Fsp3) is 0.938. The van der Waals surface area contributed by atoms with Gasteiger partial charge in [-0.05, 0) is 50.4 Å². The van der Waals surface area contributed by atoms with Gasteiger partial charge in [0.2, 0.25) is 5.91 Å². The highest BCUT2D eigenvalue weighted by Gasteiger charge is 2.46. The molecule has 0 bridgehead atoms. The minimum Gasteiger partial charge on any atom is -0.340 e. The van der Waals surface area contributed by atoms with E-state index in [1.807, 2.05) is 0 Å². The van der Waals surface area contributed by atoms with Crippen molar-refractivity contribution in [2.75, 3.05) is 6.54 Å². The molecule has 1 amide bonds. The van der Waals surface area contributed by atoms with E-state index >= 15 is 0 Å². The van der Waals surface area contributed by atoms with E-state index in [9.17, 15) is 4.79 Å². The Morgan fingerprint density at radius 2 is 1.84 bits per heavy atom. The Labute approximate surface area is 117 Å². The summed E-state index contributed by atoms with van der Waals surface area (Å²) in [6.07, 6.45) is 5.54. The zero-order chi connectivity index (χ0) is 14.2. The molecular formula is C16H30N2O. The van der Waals surface area contributed by atoms with Crippen LogP contribution in [0.2, 0.25) is 0 Å². The number of hydrogen-bond acceptors (Lipinski definition) is 2. The van der Waals surface area contributed by atoms with E-state index in [1.165, 1.54) is 6.42 Å². The quantitative estimate of drug-likeness (QED) is 0.793. The van der Waals surface area contributed by atoms with Crippen LogP contribution >= 0.6 is 0 Å². The number of likely N-dealkylation sites (tertiary alicyclic amines) is 1. The molecule has 110 valence electrons. The van der Waals surface area contributed by atoms with Crippen molar-refractivity contribution in [1.29, 1.82) is 0 Å². The lowest BCUT2D eigenvalue weighted by molar-refractivity contribution is -0.146. The second kappa shape index (κ2) is 5.43. The molecule has 3 nitrogen and oxygen atoms in total. The first kappa shape index (κ1) is 14.8. The van der Waals surface area contributed by atoms with Crippen molar-refractivity contribution in [1.82, 2.24) is 4.90 Å². The first-order valence-corrected chi connectivity index (χ1v) is 7.91. The Bertz CT molecular complexity index is 340. The predicted molar refractivity (Wildman–Crippen MR) is 78.7 cm³/mol. The summed E-state index contributed by atoms with van der Waals surface area (Å²) in [6, 6.07) is 0.667. The first-order valence-electron chi connectivity index (χ1n) is 7.91. The van der Waals surface area contributed by atoms with E-state index in [4.69, 9.17) is 5.73 Å². The lowest BCUT2D eigenvalue weighted by Crippen LogP contribution is -2.54. The number of piperidine rings is 1. The largest absolute Gasteiger partial charge is 0.340 e. The van der Waals surface area contributed by atoms with E-state index in [2.05, 4.69) is 32.6 Å². The summed E-state index contributed by atoms with van der Waals surface area (Å²) in [5, 5.41) is 0.